The SMILES string of the molecule is [B]c1ccc(S(=O)(=O)NC)cc1. The molecule has 1 N–H and O–H groups in total. The summed E-state index contributed by atoms with van der Waals surface area (Å²) in [6, 6.07) is 6.01. The minimum Gasteiger partial charge on any atom is -0.214 e. The first kappa shape index (κ1) is 9.28. The van der Waals surface area contributed by atoms with Crippen LogP contribution in [-0.4, -0.2) is 23.3 Å². The molecule has 1 aromatic rings. The zero-order chi connectivity index (χ0) is 9.19. The molecule has 0 aliphatic rings. The highest BCUT2D eigenvalue weighted by atomic mass is 32.2. The molecule has 0 bridgehead atoms. The molecule has 0 aliphatic carbocycles. The van der Waals surface area contributed by atoms with Crippen molar-refractivity contribution in [3.05, 3.63) is 24.3 Å². The normalized spacial score (nSPS) is 11.4. The van der Waals surface area contributed by atoms with E-state index in [1.54, 1.807) is 12.1 Å². The lowest BCUT2D eigenvalue weighted by atomic mass is 9.97. The zero-order valence-electron chi connectivity index (χ0n) is 6.61. The predicted molar refractivity (Wildman–Crippen MR) is 48.1 cm³/mol. The molecule has 62 valence electrons. The summed E-state index contributed by atoms with van der Waals surface area (Å²) in [6.45, 7) is 0. The third kappa shape index (κ3) is 1.87. The third-order valence-corrected chi connectivity index (χ3v) is 2.89. The Bertz CT molecular complexity index is 357. The van der Waals surface area contributed by atoms with E-state index in [0.717, 1.165) is 0 Å². The molecule has 0 heterocycles. The van der Waals surface area contributed by atoms with Gasteiger partial charge in [-0.05, 0) is 19.2 Å². The summed E-state index contributed by atoms with van der Waals surface area (Å²) in [5, 5.41) is 0. The molecule has 5 heteroatoms. The van der Waals surface area contributed by atoms with Crippen molar-refractivity contribution in [2.24, 2.45) is 0 Å². The Balaban J connectivity index is 3.14. The van der Waals surface area contributed by atoms with Gasteiger partial charge in [-0.2, -0.15) is 0 Å². The topological polar surface area (TPSA) is 46.2 Å². The van der Waals surface area contributed by atoms with Crippen molar-refractivity contribution < 1.29 is 8.42 Å². The summed E-state index contributed by atoms with van der Waals surface area (Å²) in [5.74, 6) is 0. The fourth-order valence-electron chi connectivity index (χ4n) is 0.765. The van der Waals surface area contributed by atoms with Crippen molar-refractivity contribution in [2.45, 2.75) is 4.90 Å². The molecule has 0 atom stereocenters. The largest absolute Gasteiger partial charge is 0.240 e. The monoisotopic (exact) mass is 181 g/mol. The van der Waals surface area contributed by atoms with Crippen LogP contribution < -0.4 is 10.2 Å². The second-order valence-electron chi connectivity index (χ2n) is 2.28. The van der Waals surface area contributed by atoms with Crippen molar-refractivity contribution in [2.75, 3.05) is 7.05 Å². The fourth-order valence-corrected chi connectivity index (χ4v) is 1.49. The third-order valence-electron chi connectivity index (χ3n) is 1.46. The van der Waals surface area contributed by atoms with Crippen LogP contribution in [0.25, 0.3) is 0 Å². The maximum Gasteiger partial charge on any atom is 0.240 e. The van der Waals surface area contributed by atoms with Gasteiger partial charge in [-0.15, -0.1) is 0 Å². The Labute approximate surface area is 73.3 Å². The van der Waals surface area contributed by atoms with Gasteiger partial charge in [0.05, 0.1) is 4.90 Å². The van der Waals surface area contributed by atoms with E-state index in [0.29, 0.717) is 5.46 Å². The van der Waals surface area contributed by atoms with Gasteiger partial charge in [-0.3, -0.25) is 0 Å². The van der Waals surface area contributed by atoms with Crippen LogP contribution in [-0.2, 0) is 10.0 Å². The first-order valence-electron chi connectivity index (χ1n) is 3.35. The van der Waals surface area contributed by atoms with Crippen molar-refractivity contribution in [3.63, 3.8) is 0 Å². The highest BCUT2D eigenvalue weighted by Crippen LogP contribution is 2.04. The summed E-state index contributed by atoms with van der Waals surface area (Å²) in [4.78, 5) is 0.221. The summed E-state index contributed by atoms with van der Waals surface area (Å²) in [7, 11) is 3.44. The van der Waals surface area contributed by atoms with Crippen LogP contribution in [0, 0.1) is 0 Å². The quantitative estimate of drug-likeness (QED) is 0.618. The van der Waals surface area contributed by atoms with E-state index >= 15 is 0 Å². The van der Waals surface area contributed by atoms with Crippen molar-refractivity contribution in [3.8, 4) is 0 Å². The van der Waals surface area contributed by atoms with E-state index in [1.165, 1.54) is 19.2 Å². The van der Waals surface area contributed by atoms with E-state index < -0.39 is 10.0 Å². The number of hydrogen-bond acceptors (Lipinski definition) is 2. The van der Waals surface area contributed by atoms with E-state index in [-0.39, 0.29) is 4.90 Å². The molecule has 0 unspecified atom stereocenters. The van der Waals surface area contributed by atoms with Crippen LogP contribution in [0.5, 0.6) is 0 Å². The minimum absolute atomic E-state index is 0.221. The second-order valence-corrected chi connectivity index (χ2v) is 4.16. The van der Waals surface area contributed by atoms with Crippen molar-refractivity contribution in [1.82, 2.24) is 4.72 Å². The summed E-state index contributed by atoms with van der Waals surface area (Å²) < 4.78 is 24.5. The lowest BCUT2D eigenvalue weighted by molar-refractivity contribution is 0.588. The van der Waals surface area contributed by atoms with Gasteiger partial charge in [0.15, 0.2) is 0 Å². The maximum absolute atomic E-state index is 11.2. The molecular weight excluding hydrogens is 173 g/mol. The average Bonchev–Trinajstić information content (AvgIpc) is 2.05. The lowest BCUT2D eigenvalue weighted by Crippen LogP contribution is -2.19. The molecular formula is C7H8BNO2S. The molecule has 12 heavy (non-hydrogen) atoms. The Morgan fingerprint density at radius 1 is 1.25 bits per heavy atom. The number of benzene rings is 1. The van der Waals surface area contributed by atoms with Gasteiger partial charge < -0.3 is 0 Å². The smallest absolute Gasteiger partial charge is 0.214 e. The molecule has 1 rings (SSSR count). The Morgan fingerprint density at radius 2 is 1.75 bits per heavy atom. The van der Waals surface area contributed by atoms with Crippen molar-refractivity contribution >= 4 is 23.3 Å². The van der Waals surface area contributed by atoms with Crippen LogP contribution in [0.2, 0.25) is 0 Å². The molecule has 0 saturated heterocycles. The van der Waals surface area contributed by atoms with Gasteiger partial charge in [-0.25, -0.2) is 13.1 Å². The van der Waals surface area contributed by atoms with Gasteiger partial charge in [0.25, 0.3) is 0 Å². The lowest BCUT2D eigenvalue weighted by Gasteiger charge is -2.01. The zero-order valence-corrected chi connectivity index (χ0v) is 7.43. The van der Waals surface area contributed by atoms with Crippen LogP contribution in [0.4, 0.5) is 0 Å². The summed E-state index contributed by atoms with van der Waals surface area (Å²) in [6.07, 6.45) is 0. The average molecular weight is 181 g/mol. The molecule has 3 nitrogen and oxygen atoms in total. The molecule has 0 saturated carbocycles. The van der Waals surface area contributed by atoms with Crippen LogP contribution in [0.15, 0.2) is 29.2 Å². The van der Waals surface area contributed by atoms with Crippen LogP contribution in [0.1, 0.15) is 0 Å². The predicted octanol–water partition coefficient (Wildman–Crippen LogP) is -0.612. The number of rotatable bonds is 2. The first-order chi connectivity index (χ1) is 5.56. The maximum atomic E-state index is 11.2. The Kier molecular flexibility index (Phi) is 2.54. The van der Waals surface area contributed by atoms with Gasteiger partial charge >= 0.3 is 0 Å². The van der Waals surface area contributed by atoms with Gasteiger partial charge in [0, 0.05) is 0 Å². The molecule has 0 aromatic heterocycles. The number of sulfonamides is 1. The van der Waals surface area contributed by atoms with Gasteiger partial charge in [0.1, 0.15) is 7.85 Å². The van der Waals surface area contributed by atoms with E-state index in [1.807, 2.05) is 0 Å². The highest BCUT2D eigenvalue weighted by molar-refractivity contribution is 7.89. The van der Waals surface area contributed by atoms with Gasteiger partial charge in [-0.1, -0.05) is 17.6 Å². The van der Waals surface area contributed by atoms with Crippen LogP contribution in [0.3, 0.4) is 0 Å². The van der Waals surface area contributed by atoms with Crippen molar-refractivity contribution in [1.29, 1.82) is 0 Å². The molecule has 0 spiro atoms. The fraction of sp³-hybridized carbons (Fsp3) is 0.143. The van der Waals surface area contributed by atoms with E-state index in [2.05, 4.69) is 4.72 Å². The molecule has 2 radical (unpaired) electrons. The van der Waals surface area contributed by atoms with Gasteiger partial charge in [0.2, 0.25) is 10.0 Å². The molecule has 1 aromatic carbocycles. The van der Waals surface area contributed by atoms with E-state index in [9.17, 15) is 8.42 Å². The Morgan fingerprint density at radius 3 is 2.17 bits per heavy atom. The first-order valence-corrected chi connectivity index (χ1v) is 4.83. The summed E-state index contributed by atoms with van der Waals surface area (Å²) in [5.41, 5.74) is 0.546. The van der Waals surface area contributed by atoms with E-state index in [4.69, 9.17) is 7.85 Å². The van der Waals surface area contributed by atoms with Crippen LogP contribution >= 0.6 is 0 Å². The summed E-state index contributed by atoms with van der Waals surface area (Å²) >= 11 is 0. The number of hydrogen-bond donors (Lipinski definition) is 1. The number of nitrogens with one attached hydrogen (secondary N) is 1. The second kappa shape index (κ2) is 3.29. The highest BCUT2D eigenvalue weighted by Gasteiger charge is 2.08. The molecule has 0 amide bonds. The Hall–Kier alpha value is -0.805. The minimum atomic E-state index is -3.32. The molecule has 0 fully saturated rings. The molecule has 0 aliphatic heterocycles. The standard InChI is InChI=1S/C7H8BNO2S/c1-9-12(10,11)7-4-2-6(8)3-5-7/h2-5,9H,1H3.